The van der Waals surface area contributed by atoms with Crippen molar-refractivity contribution in [1.82, 2.24) is 5.32 Å². The van der Waals surface area contributed by atoms with E-state index in [2.05, 4.69) is 29.9 Å². The van der Waals surface area contributed by atoms with Gasteiger partial charge in [-0.15, -0.1) is 12.3 Å². The van der Waals surface area contributed by atoms with Crippen molar-refractivity contribution in [2.24, 2.45) is 5.92 Å². The van der Waals surface area contributed by atoms with Crippen LogP contribution in [0.5, 0.6) is 0 Å². The molecule has 1 N–H and O–H groups in total. The van der Waals surface area contributed by atoms with Crippen LogP contribution in [0.15, 0.2) is 0 Å². The molecule has 13 heavy (non-hydrogen) atoms. The second-order valence-corrected chi connectivity index (χ2v) is 4.74. The maximum atomic E-state index is 5.37. The van der Waals surface area contributed by atoms with Gasteiger partial charge in [0.1, 0.15) is 0 Å². The van der Waals surface area contributed by atoms with Gasteiger partial charge in [0.05, 0.1) is 0 Å². The quantitative estimate of drug-likeness (QED) is 0.678. The molecule has 1 saturated heterocycles. The van der Waals surface area contributed by atoms with Crippen molar-refractivity contribution in [2.75, 3.05) is 18.1 Å². The van der Waals surface area contributed by atoms with Gasteiger partial charge in [-0.3, -0.25) is 0 Å². The molecule has 0 spiro atoms. The van der Waals surface area contributed by atoms with E-state index in [9.17, 15) is 0 Å². The van der Waals surface area contributed by atoms with Crippen LogP contribution in [0.3, 0.4) is 0 Å². The van der Waals surface area contributed by atoms with Gasteiger partial charge in [0.15, 0.2) is 0 Å². The Hall–Kier alpha value is -0.130. The summed E-state index contributed by atoms with van der Waals surface area (Å²) in [6, 6.07) is 0.569. The van der Waals surface area contributed by atoms with Gasteiger partial charge in [-0.05, 0) is 36.8 Å². The Kier molecular flexibility index (Phi) is 5.34. The topological polar surface area (TPSA) is 12.0 Å². The lowest BCUT2D eigenvalue weighted by Crippen LogP contribution is -2.36. The highest BCUT2D eigenvalue weighted by molar-refractivity contribution is 7.99. The lowest BCUT2D eigenvalue weighted by Gasteiger charge is -2.21. The van der Waals surface area contributed by atoms with Crippen LogP contribution in [-0.2, 0) is 0 Å². The Labute approximate surface area is 86.1 Å². The zero-order chi connectivity index (χ0) is 9.52. The Balaban J connectivity index is 2.32. The van der Waals surface area contributed by atoms with Crippen molar-refractivity contribution in [2.45, 2.75) is 32.2 Å². The Morgan fingerprint density at radius 3 is 3.08 bits per heavy atom. The zero-order valence-corrected chi connectivity index (χ0v) is 9.20. The minimum Gasteiger partial charge on any atom is -0.313 e. The fourth-order valence-corrected chi connectivity index (χ4v) is 3.07. The third-order valence-corrected chi connectivity index (χ3v) is 3.72. The summed E-state index contributed by atoms with van der Waals surface area (Å²) in [5.74, 6) is 6.21. The SMILES string of the molecule is C#CCC(NCCC)C1CCSC1. The van der Waals surface area contributed by atoms with E-state index in [0.717, 1.165) is 18.9 Å². The van der Waals surface area contributed by atoms with Crippen molar-refractivity contribution < 1.29 is 0 Å². The van der Waals surface area contributed by atoms with E-state index in [-0.39, 0.29) is 0 Å². The predicted octanol–water partition coefficient (Wildman–Crippen LogP) is 2.13. The summed E-state index contributed by atoms with van der Waals surface area (Å²) in [6.07, 6.45) is 8.80. The minimum absolute atomic E-state index is 0.569. The van der Waals surface area contributed by atoms with Crippen molar-refractivity contribution in [3.63, 3.8) is 0 Å². The fraction of sp³-hybridized carbons (Fsp3) is 0.818. The van der Waals surface area contributed by atoms with Crippen molar-refractivity contribution in [1.29, 1.82) is 0 Å². The third-order valence-electron chi connectivity index (χ3n) is 2.53. The Morgan fingerprint density at radius 2 is 2.54 bits per heavy atom. The summed E-state index contributed by atoms with van der Waals surface area (Å²) >= 11 is 2.06. The number of hydrogen-bond acceptors (Lipinski definition) is 2. The molecule has 1 heterocycles. The summed E-state index contributed by atoms with van der Waals surface area (Å²) in [7, 11) is 0. The van der Waals surface area contributed by atoms with Crippen LogP contribution in [0.1, 0.15) is 26.2 Å². The molecule has 0 aromatic carbocycles. The van der Waals surface area contributed by atoms with Crippen molar-refractivity contribution >= 4 is 11.8 Å². The van der Waals surface area contributed by atoms with Crippen LogP contribution in [0, 0.1) is 18.3 Å². The van der Waals surface area contributed by atoms with Crippen LogP contribution < -0.4 is 5.32 Å². The van der Waals surface area contributed by atoms with Crippen LogP contribution in [-0.4, -0.2) is 24.1 Å². The van der Waals surface area contributed by atoms with Crippen molar-refractivity contribution in [3.05, 3.63) is 0 Å². The first kappa shape index (κ1) is 10.9. The average molecular weight is 197 g/mol. The Morgan fingerprint density at radius 1 is 1.69 bits per heavy atom. The second kappa shape index (κ2) is 6.34. The van der Waals surface area contributed by atoms with E-state index in [1.54, 1.807) is 0 Å². The van der Waals surface area contributed by atoms with Gasteiger partial charge in [0, 0.05) is 12.5 Å². The molecular weight excluding hydrogens is 178 g/mol. The lowest BCUT2D eigenvalue weighted by molar-refractivity contribution is 0.388. The molecule has 1 rings (SSSR count). The molecule has 2 heteroatoms. The van der Waals surface area contributed by atoms with Crippen molar-refractivity contribution in [3.8, 4) is 12.3 Å². The Bertz CT molecular complexity index is 167. The monoisotopic (exact) mass is 197 g/mol. The number of thioether (sulfide) groups is 1. The molecule has 1 aliphatic heterocycles. The molecule has 0 amide bonds. The molecule has 2 atom stereocenters. The van der Waals surface area contributed by atoms with Gasteiger partial charge in [0.25, 0.3) is 0 Å². The fourth-order valence-electron chi connectivity index (χ4n) is 1.73. The van der Waals surface area contributed by atoms with E-state index in [1.165, 1.54) is 24.3 Å². The van der Waals surface area contributed by atoms with Crippen LogP contribution >= 0.6 is 11.8 Å². The zero-order valence-electron chi connectivity index (χ0n) is 8.38. The normalized spacial score (nSPS) is 24.2. The number of rotatable bonds is 5. The molecule has 0 radical (unpaired) electrons. The van der Waals surface area contributed by atoms with Gasteiger partial charge in [0.2, 0.25) is 0 Å². The maximum absolute atomic E-state index is 5.37. The first-order valence-corrected chi connectivity index (χ1v) is 6.28. The van der Waals surface area contributed by atoms with Gasteiger partial charge in [-0.25, -0.2) is 0 Å². The molecule has 1 nitrogen and oxygen atoms in total. The molecule has 1 fully saturated rings. The highest BCUT2D eigenvalue weighted by Crippen LogP contribution is 2.27. The smallest absolute Gasteiger partial charge is 0.0243 e. The molecule has 0 aromatic rings. The molecule has 2 unspecified atom stereocenters. The molecule has 0 saturated carbocycles. The van der Waals surface area contributed by atoms with Gasteiger partial charge in [-0.1, -0.05) is 6.92 Å². The van der Waals surface area contributed by atoms with E-state index in [1.807, 2.05) is 0 Å². The third kappa shape index (κ3) is 3.62. The summed E-state index contributed by atoms with van der Waals surface area (Å²) in [5, 5.41) is 3.56. The number of terminal acetylenes is 1. The first-order valence-electron chi connectivity index (χ1n) is 5.13. The largest absolute Gasteiger partial charge is 0.313 e. The van der Waals surface area contributed by atoms with Crippen LogP contribution in [0.4, 0.5) is 0 Å². The summed E-state index contributed by atoms with van der Waals surface area (Å²) in [6.45, 7) is 3.30. The van der Waals surface area contributed by atoms with E-state index in [4.69, 9.17) is 6.42 Å². The predicted molar refractivity (Wildman–Crippen MR) is 61.0 cm³/mol. The van der Waals surface area contributed by atoms with Gasteiger partial charge in [-0.2, -0.15) is 11.8 Å². The van der Waals surface area contributed by atoms with E-state index < -0.39 is 0 Å². The van der Waals surface area contributed by atoms with Gasteiger partial charge >= 0.3 is 0 Å². The van der Waals surface area contributed by atoms with E-state index >= 15 is 0 Å². The summed E-state index contributed by atoms with van der Waals surface area (Å²) < 4.78 is 0. The number of nitrogens with one attached hydrogen (secondary N) is 1. The van der Waals surface area contributed by atoms with Gasteiger partial charge < -0.3 is 5.32 Å². The van der Waals surface area contributed by atoms with Crippen LogP contribution in [0.2, 0.25) is 0 Å². The average Bonchev–Trinajstić information content (AvgIpc) is 2.65. The highest BCUT2D eigenvalue weighted by Gasteiger charge is 2.23. The van der Waals surface area contributed by atoms with E-state index in [0.29, 0.717) is 6.04 Å². The first-order chi connectivity index (χ1) is 6.38. The standard InChI is InChI=1S/C11H19NS/c1-3-5-11(12-7-4-2)10-6-8-13-9-10/h1,10-12H,4-9H2,2H3. The van der Waals surface area contributed by atoms with Crippen LogP contribution in [0.25, 0.3) is 0 Å². The molecule has 0 aliphatic carbocycles. The lowest BCUT2D eigenvalue weighted by atomic mass is 9.96. The summed E-state index contributed by atoms with van der Waals surface area (Å²) in [4.78, 5) is 0. The number of hydrogen-bond donors (Lipinski definition) is 1. The minimum atomic E-state index is 0.569. The maximum Gasteiger partial charge on any atom is 0.0243 e. The molecular formula is C11H19NS. The molecule has 0 aromatic heterocycles. The summed E-state index contributed by atoms with van der Waals surface area (Å²) in [5.41, 5.74) is 0. The second-order valence-electron chi connectivity index (χ2n) is 3.59. The molecule has 1 aliphatic rings. The molecule has 0 bridgehead atoms. The molecule has 74 valence electrons. The highest BCUT2D eigenvalue weighted by atomic mass is 32.2.